The predicted molar refractivity (Wildman–Crippen MR) is 129 cm³/mol. The zero-order valence-corrected chi connectivity index (χ0v) is 20.6. The van der Waals surface area contributed by atoms with Gasteiger partial charge in [-0.05, 0) is 53.5 Å². The molecule has 1 aromatic heterocycles. The van der Waals surface area contributed by atoms with Crippen molar-refractivity contribution in [3.8, 4) is 11.6 Å². The number of pyridine rings is 1. The maximum atomic E-state index is 12.5. The Bertz CT molecular complexity index is 931. The third-order valence-electron chi connectivity index (χ3n) is 5.51. The van der Waals surface area contributed by atoms with Crippen LogP contribution in [0.25, 0.3) is 0 Å². The molecule has 2 atom stereocenters. The van der Waals surface area contributed by atoms with Gasteiger partial charge in [0.15, 0.2) is 0 Å². The Kier molecular flexibility index (Phi) is 10.6. The molecule has 172 valence electrons. The van der Waals surface area contributed by atoms with Gasteiger partial charge in [0.25, 0.3) is 0 Å². The minimum atomic E-state index is -0.456. The first kappa shape index (κ1) is 26.5. The van der Waals surface area contributed by atoms with Crippen LogP contribution in [0.5, 0.6) is 11.6 Å². The fourth-order valence-corrected chi connectivity index (χ4v) is 3.60. The van der Waals surface area contributed by atoms with Gasteiger partial charge in [0.1, 0.15) is 0 Å². The van der Waals surface area contributed by atoms with Crippen LogP contribution in [0.3, 0.4) is 0 Å². The van der Waals surface area contributed by atoms with E-state index in [1.54, 1.807) is 6.92 Å². The Hall–Kier alpha value is -2.53. The summed E-state index contributed by atoms with van der Waals surface area (Å²) >= 11 is 0. The van der Waals surface area contributed by atoms with Crippen molar-refractivity contribution >= 4 is 0 Å². The molecule has 1 heterocycles. The van der Waals surface area contributed by atoms with Gasteiger partial charge in [0.2, 0.25) is 17.1 Å². The zero-order valence-electron chi connectivity index (χ0n) is 20.6. The summed E-state index contributed by atoms with van der Waals surface area (Å²) in [4.78, 5) is 15.6. The number of aromatic nitrogens is 1. The molecular formula is C26H39NO4. The summed E-state index contributed by atoms with van der Waals surface area (Å²) in [6.45, 7) is 14.0. The second kappa shape index (κ2) is 12.4. The van der Waals surface area contributed by atoms with Crippen molar-refractivity contribution in [3.63, 3.8) is 0 Å². The number of nitrogens with one attached hydrogen (secondary N) is 1. The molecule has 31 heavy (non-hydrogen) atoms. The monoisotopic (exact) mass is 429 g/mol. The molecular weight excluding hydrogens is 390 g/mol. The smallest absolute Gasteiger partial charge is 0.238 e. The molecule has 0 radical (unpaired) electrons. The molecule has 0 aliphatic heterocycles. The Morgan fingerprint density at radius 2 is 1.77 bits per heavy atom. The molecule has 0 aromatic carbocycles. The number of hydrogen-bond acceptors (Lipinski definition) is 4. The molecule has 0 aliphatic carbocycles. The average molecular weight is 430 g/mol. The van der Waals surface area contributed by atoms with Crippen molar-refractivity contribution in [2.75, 3.05) is 14.2 Å². The summed E-state index contributed by atoms with van der Waals surface area (Å²) in [6.07, 6.45) is 9.35. The normalized spacial score (nSPS) is 15.7. The van der Waals surface area contributed by atoms with Gasteiger partial charge in [-0.1, -0.05) is 47.9 Å². The van der Waals surface area contributed by atoms with Gasteiger partial charge in [-0.15, -0.1) is 0 Å². The lowest BCUT2D eigenvalue weighted by molar-refractivity contribution is 0.173. The molecule has 0 amide bonds. The van der Waals surface area contributed by atoms with Crippen molar-refractivity contribution in [3.05, 3.63) is 68.1 Å². The number of methoxy groups -OCH3 is 2. The molecule has 0 saturated carbocycles. The fourth-order valence-electron chi connectivity index (χ4n) is 3.60. The third-order valence-corrected chi connectivity index (χ3v) is 5.51. The number of rotatable bonds is 10. The second-order valence-corrected chi connectivity index (χ2v) is 8.29. The average Bonchev–Trinajstić information content (AvgIpc) is 2.72. The number of ether oxygens (including phenoxy) is 2. The molecule has 0 unspecified atom stereocenters. The van der Waals surface area contributed by atoms with Crippen molar-refractivity contribution < 1.29 is 14.6 Å². The minimum absolute atomic E-state index is 0.0572. The van der Waals surface area contributed by atoms with E-state index in [-0.39, 0.29) is 17.1 Å². The summed E-state index contributed by atoms with van der Waals surface area (Å²) in [5.74, 6) is 0.608. The van der Waals surface area contributed by atoms with Gasteiger partial charge >= 0.3 is 0 Å². The summed E-state index contributed by atoms with van der Waals surface area (Å²) in [7, 11) is 2.97. The van der Waals surface area contributed by atoms with Gasteiger partial charge in [0.05, 0.1) is 20.3 Å². The molecule has 5 nitrogen and oxygen atoms in total. The summed E-state index contributed by atoms with van der Waals surface area (Å²) < 4.78 is 10.4. The van der Waals surface area contributed by atoms with Crippen molar-refractivity contribution in [1.29, 1.82) is 0 Å². The first-order chi connectivity index (χ1) is 14.5. The highest BCUT2D eigenvalue weighted by Crippen LogP contribution is 2.23. The fraction of sp³-hybridized carbons (Fsp3) is 0.500. The Balaban J connectivity index is 2.92. The van der Waals surface area contributed by atoms with Crippen LogP contribution in [0.4, 0.5) is 0 Å². The van der Waals surface area contributed by atoms with Gasteiger partial charge in [-0.2, -0.15) is 0 Å². The Morgan fingerprint density at radius 1 is 1.13 bits per heavy atom. The summed E-state index contributed by atoms with van der Waals surface area (Å²) in [6, 6.07) is 0. The van der Waals surface area contributed by atoms with E-state index in [2.05, 4.69) is 44.0 Å². The quantitative estimate of drug-likeness (QED) is 0.384. The number of H-pyrrole nitrogens is 1. The molecule has 0 aliphatic rings. The summed E-state index contributed by atoms with van der Waals surface area (Å²) in [5, 5.41) is 10.3. The van der Waals surface area contributed by atoms with Crippen LogP contribution >= 0.6 is 0 Å². The first-order valence-corrected chi connectivity index (χ1v) is 10.7. The molecule has 2 N–H and O–H groups in total. The van der Waals surface area contributed by atoms with Gasteiger partial charge in [0, 0.05) is 23.6 Å². The van der Waals surface area contributed by atoms with Crippen LogP contribution < -0.4 is 14.9 Å². The molecule has 1 rings (SSSR count). The molecule has 0 fully saturated rings. The van der Waals surface area contributed by atoms with Crippen LogP contribution in [0.1, 0.15) is 59.2 Å². The van der Waals surface area contributed by atoms with Crippen LogP contribution in [-0.2, 0) is 6.42 Å². The second-order valence-electron chi connectivity index (χ2n) is 8.29. The topological polar surface area (TPSA) is 71.6 Å². The Labute approximate surface area is 187 Å². The van der Waals surface area contributed by atoms with E-state index in [0.717, 1.165) is 23.3 Å². The molecule has 1 aromatic rings. The van der Waals surface area contributed by atoms with E-state index >= 15 is 0 Å². The van der Waals surface area contributed by atoms with E-state index in [1.165, 1.54) is 25.4 Å². The highest BCUT2D eigenvalue weighted by molar-refractivity contribution is 5.40. The number of aromatic amines is 1. The van der Waals surface area contributed by atoms with Crippen LogP contribution in [0.2, 0.25) is 0 Å². The molecule has 5 heteroatoms. The first-order valence-electron chi connectivity index (χ1n) is 10.7. The van der Waals surface area contributed by atoms with Crippen LogP contribution in [0.15, 0.2) is 51.4 Å². The van der Waals surface area contributed by atoms with E-state index in [4.69, 9.17) is 9.47 Å². The lowest BCUT2D eigenvalue weighted by Gasteiger charge is -2.17. The number of aliphatic hydroxyl groups is 1. The number of aliphatic hydroxyl groups excluding tert-OH is 1. The van der Waals surface area contributed by atoms with E-state index < -0.39 is 6.10 Å². The van der Waals surface area contributed by atoms with E-state index in [0.29, 0.717) is 17.9 Å². The van der Waals surface area contributed by atoms with E-state index in [9.17, 15) is 9.90 Å². The lowest BCUT2D eigenvalue weighted by atomic mass is 9.95. The third kappa shape index (κ3) is 7.59. The number of hydrogen-bond donors (Lipinski definition) is 2. The van der Waals surface area contributed by atoms with Crippen LogP contribution in [-0.4, -0.2) is 30.4 Å². The Morgan fingerprint density at radius 3 is 2.32 bits per heavy atom. The maximum absolute atomic E-state index is 12.5. The van der Waals surface area contributed by atoms with Gasteiger partial charge in [-0.25, -0.2) is 0 Å². The van der Waals surface area contributed by atoms with Crippen LogP contribution in [0, 0.1) is 12.8 Å². The largest absolute Gasteiger partial charge is 0.488 e. The number of allylic oxidation sites excluding steroid dienone is 6. The summed E-state index contributed by atoms with van der Waals surface area (Å²) in [5.41, 5.74) is 5.89. The van der Waals surface area contributed by atoms with Gasteiger partial charge in [-0.3, -0.25) is 4.79 Å². The predicted octanol–water partition coefficient (Wildman–Crippen LogP) is 5.44. The maximum Gasteiger partial charge on any atom is 0.238 e. The van der Waals surface area contributed by atoms with Gasteiger partial charge < -0.3 is 19.6 Å². The molecule has 0 spiro atoms. The zero-order chi connectivity index (χ0) is 23.7. The standard InChI is InChI=1S/C26H39NO4/c1-10-19(5)23(28)20(6)15-18(4)14-17(3)13-16(2)11-12-22-21(7)24(29)25(30-8)26(27-22)31-9/h10-11,14-15,20,23,28H,12-13H2,1-9H3,(H,27,29)/b16-11+,17-14+,18-15+,19-10+/t20-,23-/m0/s1. The molecule has 0 bridgehead atoms. The van der Waals surface area contributed by atoms with E-state index in [1.807, 2.05) is 26.8 Å². The van der Waals surface area contributed by atoms with Crippen molar-refractivity contribution in [2.45, 2.75) is 67.4 Å². The van der Waals surface area contributed by atoms with Crippen molar-refractivity contribution in [2.24, 2.45) is 5.92 Å². The lowest BCUT2D eigenvalue weighted by Crippen LogP contribution is -2.17. The highest BCUT2D eigenvalue weighted by atomic mass is 16.5. The SMILES string of the molecule is C/C=C(\C)[C@H](O)[C@@H](C)/C=C(C)/C=C(\C)C/C(C)=C/Cc1[nH]c(OC)c(OC)c(=O)c1C. The molecule has 0 saturated heterocycles. The minimum Gasteiger partial charge on any atom is -0.488 e. The van der Waals surface area contributed by atoms with Crippen molar-refractivity contribution in [1.82, 2.24) is 4.98 Å². The highest BCUT2D eigenvalue weighted by Gasteiger charge is 2.15.